The largest absolute Gasteiger partial charge is 0.497 e. The zero-order valence-corrected chi connectivity index (χ0v) is 11.9. The van der Waals surface area contributed by atoms with Gasteiger partial charge in [0.15, 0.2) is 0 Å². The lowest BCUT2D eigenvalue weighted by Crippen LogP contribution is -2.27. The molecule has 0 radical (unpaired) electrons. The third kappa shape index (κ3) is 2.05. The number of hydrogen-bond acceptors (Lipinski definition) is 3. The summed E-state index contributed by atoms with van der Waals surface area (Å²) in [4.78, 5) is 14.4. The summed E-state index contributed by atoms with van der Waals surface area (Å²) in [5, 5.41) is 0. The molecule has 2 aliphatic rings. The van der Waals surface area contributed by atoms with E-state index in [2.05, 4.69) is 0 Å². The Morgan fingerprint density at radius 1 is 1.10 bits per heavy atom. The number of rotatable bonds is 3. The molecular formula is C16H19NO3. The molecule has 106 valence electrons. The van der Waals surface area contributed by atoms with Crippen LogP contribution in [0.15, 0.2) is 29.3 Å². The molecule has 4 nitrogen and oxygen atoms in total. The van der Waals surface area contributed by atoms with Crippen molar-refractivity contribution in [2.45, 2.75) is 25.7 Å². The third-order valence-electron chi connectivity index (χ3n) is 4.11. The molecule has 1 aromatic carbocycles. The maximum absolute atomic E-state index is 12.6. The molecule has 0 fully saturated rings. The van der Waals surface area contributed by atoms with Gasteiger partial charge in [-0.25, -0.2) is 0 Å². The number of amides is 1. The molecule has 0 bridgehead atoms. The highest BCUT2D eigenvalue weighted by atomic mass is 16.5. The molecule has 0 N–H and O–H groups in total. The second-order valence-corrected chi connectivity index (χ2v) is 5.22. The minimum absolute atomic E-state index is 0.131. The molecule has 4 heteroatoms. The number of nitrogens with zero attached hydrogens (tertiary/aromatic N) is 1. The van der Waals surface area contributed by atoms with Crippen molar-refractivity contribution in [2.24, 2.45) is 0 Å². The molecule has 20 heavy (non-hydrogen) atoms. The van der Waals surface area contributed by atoms with Crippen LogP contribution in [0.5, 0.6) is 11.5 Å². The van der Waals surface area contributed by atoms with Crippen molar-refractivity contribution in [1.82, 2.24) is 0 Å². The van der Waals surface area contributed by atoms with E-state index in [0.29, 0.717) is 12.3 Å². The van der Waals surface area contributed by atoms with Crippen LogP contribution in [0.2, 0.25) is 0 Å². The first-order valence-corrected chi connectivity index (χ1v) is 6.99. The monoisotopic (exact) mass is 273 g/mol. The van der Waals surface area contributed by atoms with Crippen LogP contribution in [0.3, 0.4) is 0 Å². The van der Waals surface area contributed by atoms with Crippen molar-refractivity contribution in [3.05, 3.63) is 29.3 Å². The number of ether oxygens (including phenoxy) is 2. The van der Waals surface area contributed by atoms with E-state index in [1.165, 1.54) is 12.0 Å². The first kappa shape index (κ1) is 13.0. The topological polar surface area (TPSA) is 38.8 Å². The normalized spacial score (nSPS) is 18.3. The second-order valence-electron chi connectivity index (χ2n) is 5.22. The third-order valence-corrected chi connectivity index (χ3v) is 4.11. The molecule has 0 saturated carbocycles. The summed E-state index contributed by atoms with van der Waals surface area (Å²) in [6.07, 6.45) is 4.27. The van der Waals surface area contributed by atoms with E-state index < -0.39 is 0 Å². The highest BCUT2D eigenvalue weighted by Crippen LogP contribution is 2.39. The molecular weight excluding hydrogens is 254 g/mol. The van der Waals surface area contributed by atoms with Crippen LogP contribution in [-0.4, -0.2) is 26.7 Å². The van der Waals surface area contributed by atoms with E-state index in [1.807, 2.05) is 23.1 Å². The van der Waals surface area contributed by atoms with Crippen LogP contribution in [-0.2, 0) is 4.79 Å². The molecule has 3 rings (SSSR count). The minimum Gasteiger partial charge on any atom is -0.497 e. The lowest BCUT2D eigenvalue weighted by atomic mass is 9.94. The fraction of sp³-hybridized carbons (Fsp3) is 0.438. The summed E-state index contributed by atoms with van der Waals surface area (Å²) in [6, 6.07) is 5.56. The van der Waals surface area contributed by atoms with Crippen LogP contribution >= 0.6 is 0 Å². The van der Waals surface area contributed by atoms with Gasteiger partial charge in [-0.1, -0.05) is 0 Å². The second kappa shape index (κ2) is 5.19. The molecule has 1 aliphatic carbocycles. The highest BCUT2D eigenvalue weighted by molar-refractivity contribution is 6.10. The number of carbonyl (C=O) groups excluding carboxylic acids is 1. The van der Waals surface area contributed by atoms with Gasteiger partial charge in [0, 0.05) is 18.2 Å². The molecule has 0 unspecified atom stereocenters. The van der Waals surface area contributed by atoms with Gasteiger partial charge in [0.25, 0.3) is 5.91 Å². The maximum Gasteiger partial charge on any atom is 0.254 e. The zero-order valence-electron chi connectivity index (χ0n) is 11.9. The van der Waals surface area contributed by atoms with Crippen molar-refractivity contribution in [1.29, 1.82) is 0 Å². The average Bonchev–Trinajstić information content (AvgIpc) is 2.84. The number of methoxy groups -OCH3 is 2. The van der Waals surface area contributed by atoms with Crippen molar-refractivity contribution in [3.8, 4) is 11.5 Å². The quantitative estimate of drug-likeness (QED) is 0.850. The van der Waals surface area contributed by atoms with Gasteiger partial charge in [-0.2, -0.15) is 0 Å². The SMILES string of the molecule is COc1ccc(OC)c(N2CC3=C(CCCC3)C2=O)c1. The Kier molecular flexibility index (Phi) is 3.38. The summed E-state index contributed by atoms with van der Waals surface area (Å²) in [5.41, 5.74) is 3.11. The van der Waals surface area contributed by atoms with E-state index in [4.69, 9.17) is 9.47 Å². The van der Waals surface area contributed by atoms with Gasteiger partial charge in [0.1, 0.15) is 11.5 Å². The van der Waals surface area contributed by atoms with Crippen molar-refractivity contribution in [2.75, 3.05) is 25.7 Å². The summed E-state index contributed by atoms with van der Waals surface area (Å²) in [7, 11) is 3.25. The summed E-state index contributed by atoms with van der Waals surface area (Å²) in [6.45, 7) is 0.692. The van der Waals surface area contributed by atoms with Crippen LogP contribution in [0.4, 0.5) is 5.69 Å². The Bertz CT molecular complexity index is 577. The molecule has 1 amide bonds. The summed E-state index contributed by atoms with van der Waals surface area (Å²) < 4.78 is 10.7. The van der Waals surface area contributed by atoms with Crippen LogP contribution < -0.4 is 14.4 Å². The molecule has 0 saturated heterocycles. The maximum atomic E-state index is 12.6. The number of hydrogen-bond donors (Lipinski definition) is 0. The van der Waals surface area contributed by atoms with Gasteiger partial charge in [-0.05, 0) is 43.4 Å². The zero-order chi connectivity index (χ0) is 14.1. The molecule has 1 heterocycles. The molecule has 0 aromatic heterocycles. The minimum atomic E-state index is 0.131. The Labute approximate surface area is 119 Å². The predicted molar refractivity (Wildman–Crippen MR) is 77.4 cm³/mol. The van der Waals surface area contributed by atoms with Gasteiger partial charge in [0.05, 0.1) is 19.9 Å². The summed E-state index contributed by atoms with van der Waals surface area (Å²) in [5.74, 6) is 1.57. The van der Waals surface area contributed by atoms with E-state index >= 15 is 0 Å². The standard InChI is InChI=1S/C16H19NO3/c1-19-12-7-8-15(20-2)14(9-12)17-10-11-5-3-4-6-13(11)16(17)18/h7-9H,3-6,10H2,1-2H3. The number of anilines is 1. The lowest BCUT2D eigenvalue weighted by Gasteiger charge is -2.20. The smallest absolute Gasteiger partial charge is 0.254 e. The molecule has 0 atom stereocenters. The van der Waals surface area contributed by atoms with Gasteiger partial charge in [0.2, 0.25) is 0 Å². The van der Waals surface area contributed by atoms with Gasteiger partial charge >= 0.3 is 0 Å². The first-order chi connectivity index (χ1) is 9.74. The number of benzene rings is 1. The van der Waals surface area contributed by atoms with Gasteiger partial charge in [-0.15, -0.1) is 0 Å². The van der Waals surface area contributed by atoms with E-state index in [-0.39, 0.29) is 5.91 Å². The first-order valence-electron chi connectivity index (χ1n) is 6.99. The fourth-order valence-electron chi connectivity index (χ4n) is 3.03. The van der Waals surface area contributed by atoms with E-state index in [0.717, 1.165) is 36.3 Å². The Morgan fingerprint density at radius 2 is 1.90 bits per heavy atom. The Balaban J connectivity index is 1.96. The van der Waals surface area contributed by atoms with E-state index in [1.54, 1.807) is 14.2 Å². The number of carbonyl (C=O) groups is 1. The van der Waals surface area contributed by atoms with Crippen LogP contribution in [0.1, 0.15) is 25.7 Å². The van der Waals surface area contributed by atoms with Crippen molar-refractivity contribution in [3.63, 3.8) is 0 Å². The van der Waals surface area contributed by atoms with Crippen molar-refractivity contribution < 1.29 is 14.3 Å². The molecule has 1 aromatic rings. The van der Waals surface area contributed by atoms with Gasteiger partial charge < -0.3 is 14.4 Å². The lowest BCUT2D eigenvalue weighted by molar-refractivity contribution is -0.114. The van der Waals surface area contributed by atoms with Crippen LogP contribution in [0, 0.1) is 0 Å². The van der Waals surface area contributed by atoms with E-state index in [9.17, 15) is 4.79 Å². The summed E-state index contributed by atoms with van der Waals surface area (Å²) >= 11 is 0. The average molecular weight is 273 g/mol. The van der Waals surface area contributed by atoms with Crippen molar-refractivity contribution >= 4 is 11.6 Å². The predicted octanol–water partition coefficient (Wildman–Crippen LogP) is 2.92. The highest BCUT2D eigenvalue weighted by Gasteiger charge is 2.33. The van der Waals surface area contributed by atoms with Crippen LogP contribution in [0.25, 0.3) is 0 Å². The Hall–Kier alpha value is -1.97. The Morgan fingerprint density at radius 3 is 2.60 bits per heavy atom. The fourth-order valence-corrected chi connectivity index (χ4v) is 3.03. The van der Waals surface area contributed by atoms with Gasteiger partial charge in [-0.3, -0.25) is 4.79 Å². The molecule has 0 spiro atoms. The molecule has 1 aliphatic heterocycles.